The quantitative estimate of drug-likeness (QED) is 0.360. The second kappa shape index (κ2) is 15.1. The molecule has 2 atom stereocenters. The van der Waals surface area contributed by atoms with E-state index in [1.807, 2.05) is 12.1 Å². The van der Waals surface area contributed by atoms with Crippen molar-refractivity contribution in [2.45, 2.75) is 58.2 Å². The van der Waals surface area contributed by atoms with E-state index in [9.17, 15) is 18.7 Å². The third-order valence-electron chi connectivity index (χ3n) is 6.93. The molecular weight excluding hydrogens is 474 g/mol. The first-order chi connectivity index (χ1) is 17.9. The van der Waals surface area contributed by atoms with Crippen molar-refractivity contribution in [1.82, 2.24) is 20.4 Å². The fraction of sp³-hybridized carbons (Fsp3) is 0.552. The molecular formula is C29H42F2N4O2. The zero-order valence-electron chi connectivity index (χ0n) is 22.2. The molecule has 37 heavy (non-hydrogen) atoms. The van der Waals surface area contributed by atoms with Gasteiger partial charge in [0, 0.05) is 45.3 Å². The maximum Gasteiger partial charge on any atom is 0.234 e. The van der Waals surface area contributed by atoms with Gasteiger partial charge >= 0.3 is 0 Å². The summed E-state index contributed by atoms with van der Waals surface area (Å²) in [5.74, 6) is -1.55. The molecule has 0 saturated carbocycles. The van der Waals surface area contributed by atoms with Crippen LogP contribution < -0.4 is 10.6 Å². The van der Waals surface area contributed by atoms with Crippen LogP contribution in [-0.4, -0.2) is 78.8 Å². The van der Waals surface area contributed by atoms with Crippen LogP contribution in [0.2, 0.25) is 0 Å². The van der Waals surface area contributed by atoms with Crippen LogP contribution >= 0.6 is 0 Å². The number of amides is 1. The van der Waals surface area contributed by atoms with Gasteiger partial charge in [-0.1, -0.05) is 44.5 Å². The van der Waals surface area contributed by atoms with Crippen molar-refractivity contribution < 1.29 is 18.7 Å². The number of halogens is 2. The van der Waals surface area contributed by atoms with Gasteiger partial charge in [-0.05, 0) is 54.6 Å². The smallest absolute Gasteiger partial charge is 0.234 e. The minimum Gasteiger partial charge on any atom is -0.390 e. The highest BCUT2D eigenvalue weighted by Crippen LogP contribution is 2.13. The summed E-state index contributed by atoms with van der Waals surface area (Å²) >= 11 is 0. The highest BCUT2D eigenvalue weighted by Gasteiger charge is 2.24. The van der Waals surface area contributed by atoms with E-state index in [2.05, 4.69) is 46.4 Å². The Morgan fingerprint density at radius 2 is 1.65 bits per heavy atom. The average molecular weight is 517 g/mol. The molecule has 0 unspecified atom stereocenters. The highest BCUT2D eigenvalue weighted by molar-refractivity contribution is 5.78. The standard InChI is InChI=1S/C29H42F2N4O2/c1-3-5-9-34-10-12-35(13-11-34)21-29(37)33-27(17-24-15-25(30)18-26(31)16-24)28(36)20-32-19-23-8-6-7-22(4-2)14-23/h6-8,14-16,18,27-28,32,36H,3-5,9-13,17,19-21H2,1-2H3,(H,33,37)/t27-,28+/m0/s1. The Kier molecular flexibility index (Phi) is 11.9. The number of rotatable bonds is 14. The number of aliphatic hydroxyl groups excluding tert-OH is 1. The Balaban J connectivity index is 1.57. The Morgan fingerprint density at radius 3 is 2.32 bits per heavy atom. The first-order valence-electron chi connectivity index (χ1n) is 13.5. The Morgan fingerprint density at radius 1 is 0.973 bits per heavy atom. The maximum atomic E-state index is 13.8. The molecule has 1 fully saturated rings. The monoisotopic (exact) mass is 516 g/mol. The Hall–Kier alpha value is -2.39. The second-order valence-corrected chi connectivity index (χ2v) is 10.00. The summed E-state index contributed by atoms with van der Waals surface area (Å²) in [6.07, 6.45) is 2.48. The molecule has 1 saturated heterocycles. The van der Waals surface area contributed by atoms with Gasteiger partial charge in [0.15, 0.2) is 0 Å². The summed E-state index contributed by atoms with van der Waals surface area (Å²) in [7, 11) is 0. The van der Waals surface area contributed by atoms with E-state index in [0.717, 1.165) is 50.8 Å². The second-order valence-electron chi connectivity index (χ2n) is 10.00. The van der Waals surface area contributed by atoms with E-state index in [1.165, 1.54) is 30.5 Å². The molecule has 1 heterocycles. The van der Waals surface area contributed by atoms with Crippen molar-refractivity contribution in [3.63, 3.8) is 0 Å². The summed E-state index contributed by atoms with van der Waals surface area (Å²) in [4.78, 5) is 17.5. The van der Waals surface area contributed by atoms with Crippen LogP contribution in [0.25, 0.3) is 0 Å². The third-order valence-corrected chi connectivity index (χ3v) is 6.93. The fourth-order valence-corrected chi connectivity index (χ4v) is 4.74. The van der Waals surface area contributed by atoms with Crippen LogP contribution in [0.5, 0.6) is 0 Å². The van der Waals surface area contributed by atoms with Crippen LogP contribution in [0.4, 0.5) is 8.78 Å². The highest BCUT2D eigenvalue weighted by atomic mass is 19.1. The van der Waals surface area contributed by atoms with Crippen molar-refractivity contribution in [3.8, 4) is 0 Å². The molecule has 0 aliphatic carbocycles. The summed E-state index contributed by atoms with van der Waals surface area (Å²) in [6.45, 7) is 9.92. The van der Waals surface area contributed by atoms with Gasteiger partial charge in [0.25, 0.3) is 0 Å². The van der Waals surface area contributed by atoms with Crippen LogP contribution in [0.1, 0.15) is 43.4 Å². The van der Waals surface area contributed by atoms with E-state index in [-0.39, 0.29) is 25.4 Å². The van der Waals surface area contributed by atoms with Crippen molar-refractivity contribution in [3.05, 3.63) is 70.8 Å². The summed E-state index contributed by atoms with van der Waals surface area (Å²) in [5.41, 5.74) is 2.74. The van der Waals surface area contributed by atoms with Gasteiger partial charge in [0.05, 0.1) is 18.7 Å². The van der Waals surface area contributed by atoms with Crippen molar-refractivity contribution in [2.75, 3.05) is 45.8 Å². The van der Waals surface area contributed by atoms with Gasteiger partial charge in [-0.15, -0.1) is 0 Å². The molecule has 0 radical (unpaired) electrons. The van der Waals surface area contributed by atoms with Gasteiger partial charge in [0.2, 0.25) is 5.91 Å². The molecule has 0 aromatic heterocycles. The zero-order valence-corrected chi connectivity index (χ0v) is 22.2. The number of aryl methyl sites for hydroxylation is 1. The molecule has 8 heteroatoms. The van der Waals surface area contributed by atoms with Crippen LogP contribution in [0.3, 0.4) is 0 Å². The summed E-state index contributed by atoms with van der Waals surface area (Å²) in [6, 6.07) is 10.9. The number of carbonyl (C=O) groups excluding carboxylic acids is 1. The number of carbonyl (C=O) groups is 1. The molecule has 3 N–H and O–H groups in total. The lowest BCUT2D eigenvalue weighted by molar-refractivity contribution is -0.124. The van der Waals surface area contributed by atoms with Crippen molar-refractivity contribution in [2.24, 2.45) is 0 Å². The SMILES string of the molecule is CCCCN1CCN(CC(=O)N[C@@H](Cc2cc(F)cc(F)c2)[C@H](O)CNCc2cccc(CC)c2)CC1. The molecule has 2 aromatic carbocycles. The molecule has 1 amide bonds. The lowest BCUT2D eigenvalue weighted by Crippen LogP contribution is -2.53. The van der Waals surface area contributed by atoms with Gasteiger partial charge in [0.1, 0.15) is 11.6 Å². The lowest BCUT2D eigenvalue weighted by atomic mass is 10.0. The fourth-order valence-electron chi connectivity index (χ4n) is 4.74. The topological polar surface area (TPSA) is 67.8 Å². The molecule has 1 aliphatic rings. The van der Waals surface area contributed by atoms with Gasteiger partial charge in [-0.2, -0.15) is 0 Å². The number of piperazine rings is 1. The van der Waals surface area contributed by atoms with Gasteiger partial charge in [-0.3, -0.25) is 9.69 Å². The number of aliphatic hydroxyl groups is 1. The maximum absolute atomic E-state index is 13.8. The Bertz CT molecular complexity index is 962. The number of unbranched alkanes of at least 4 members (excludes halogenated alkanes) is 1. The van der Waals surface area contributed by atoms with Crippen LogP contribution in [-0.2, 0) is 24.2 Å². The number of hydrogen-bond donors (Lipinski definition) is 3. The van der Waals surface area contributed by atoms with E-state index < -0.39 is 23.8 Å². The van der Waals surface area contributed by atoms with E-state index >= 15 is 0 Å². The first kappa shape index (κ1) is 29.2. The van der Waals surface area contributed by atoms with E-state index in [1.54, 1.807) is 0 Å². The first-order valence-corrected chi connectivity index (χ1v) is 13.5. The van der Waals surface area contributed by atoms with Gasteiger partial charge < -0.3 is 20.6 Å². The molecule has 2 aromatic rings. The minimum atomic E-state index is -0.935. The van der Waals surface area contributed by atoms with Crippen LogP contribution in [0, 0.1) is 11.6 Å². The molecule has 3 rings (SSSR count). The predicted molar refractivity (Wildman–Crippen MR) is 143 cm³/mol. The Labute approximate surface area is 220 Å². The minimum absolute atomic E-state index is 0.124. The number of hydrogen-bond acceptors (Lipinski definition) is 5. The number of benzene rings is 2. The number of nitrogens with zero attached hydrogens (tertiary/aromatic N) is 2. The van der Waals surface area contributed by atoms with E-state index in [4.69, 9.17) is 0 Å². The molecule has 1 aliphatic heterocycles. The molecule has 6 nitrogen and oxygen atoms in total. The van der Waals surface area contributed by atoms with Crippen LogP contribution in [0.15, 0.2) is 42.5 Å². The number of nitrogens with one attached hydrogen (secondary N) is 2. The molecule has 0 spiro atoms. The van der Waals surface area contributed by atoms with Crippen molar-refractivity contribution in [1.29, 1.82) is 0 Å². The third kappa shape index (κ3) is 10.1. The lowest BCUT2D eigenvalue weighted by Gasteiger charge is -2.34. The normalized spacial score (nSPS) is 16.5. The summed E-state index contributed by atoms with van der Waals surface area (Å²) in [5, 5.41) is 17.2. The largest absolute Gasteiger partial charge is 0.390 e. The molecule has 204 valence electrons. The zero-order chi connectivity index (χ0) is 26.6. The van der Waals surface area contributed by atoms with E-state index in [0.29, 0.717) is 12.1 Å². The van der Waals surface area contributed by atoms with Crippen molar-refractivity contribution >= 4 is 5.91 Å². The molecule has 0 bridgehead atoms. The average Bonchev–Trinajstić information content (AvgIpc) is 2.87. The predicted octanol–water partition coefficient (Wildman–Crippen LogP) is 3.12. The summed E-state index contributed by atoms with van der Waals surface area (Å²) < 4.78 is 27.6. The van der Waals surface area contributed by atoms with Gasteiger partial charge in [-0.25, -0.2) is 8.78 Å².